The van der Waals surface area contributed by atoms with Crippen molar-refractivity contribution in [2.24, 2.45) is 0 Å². The maximum absolute atomic E-state index is 12.3. The lowest BCUT2D eigenvalue weighted by molar-refractivity contribution is 0.0950. The van der Waals surface area contributed by atoms with Crippen molar-refractivity contribution >= 4 is 39.3 Å². The molecule has 0 atom stereocenters. The third kappa shape index (κ3) is 4.71. The van der Waals surface area contributed by atoms with E-state index in [2.05, 4.69) is 43.1 Å². The summed E-state index contributed by atoms with van der Waals surface area (Å²) >= 11 is 9.33. The number of anilines is 1. The molecule has 1 amide bonds. The minimum atomic E-state index is -0.169. The molecule has 0 radical (unpaired) electrons. The number of benzene rings is 1. The van der Waals surface area contributed by atoms with E-state index in [9.17, 15) is 4.79 Å². The maximum atomic E-state index is 12.3. The van der Waals surface area contributed by atoms with Gasteiger partial charge in [-0.2, -0.15) is 0 Å². The maximum Gasteiger partial charge on any atom is 0.252 e. The molecule has 1 aromatic carbocycles. The second-order valence-corrected chi connectivity index (χ2v) is 7.41. The van der Waals surface area contributed by atoms with Gasteiger partial charge in [0.05, 0.1) is 5.56 Å². The number of hydrogen-bond acceptors (Lipinski definition) is 4. The number of halogens is 2. The van der Waals surface area contributed by atoms with Gasteiger partial charge >= 0.3 is 0 Å². The van der Waals surface area contributed by atoms with Gasteiger partial charge in [0.2, 0.25) is 0 Å². The van der Waals surface area contributed by atoms with Gasteiger partial charge in [-0.3, -0.25) is 4.79 Å². The summed E-state index contributed by atoms with van der Waals surface area (Å²) in [4.78, 5) is 21.4. The summed E-state index contributed by atoms with van der Waals surface area (Å²) in [6.45, 7) is 4.50. The molecule has 0 aliphatic carbocycles. The minimum absolute atomic E-state index is 0.169. The van der Waals surface area contributed by atoms with Crippen molar-refractivity contribution in [3.63, 3.8) is 0 Å². The van der Waals surface area contributed by atoms with Gasteiger partial charge in [-0.1, -0.05) is 17.7 Å². The van der Waals surface area contributed by atoms with Crippen LogP contribution in [0.25, 0.3) is 0 Å². The van der Waals surface area contributed by atoms with Crippen molar-refractivity contribution in [3.8, 4) is 0 Å². The molecule has 1 saturated heterocycles. The first kappa shape index (κ1) is 18.2. The predicted molar refractivity (Wildman–Crippen MR) is 104 cm³/mol. The Balaban J connectivity index is 1.58. The highest BCUT2D eigenvalue weighted by Crippen LogP contribution is 2.21. The number of pyridine rings is 1. The predicted octanol–water partition coefficient (Wildman–Crippen LogP) is 3.18. The fourth-order valence-electron chi connectivity index (χ4n) is 2.69. The summed E-state index contributed by atoms with van der Waals surface area (Å²) in [5, 5.41) is 3.43. The molecule has 1 N–H and O–H groups in total. The number of amides is 1. The van der Waals surface area contributed by atoms with Gasteiger partial charge in [0.1, 0.15) is 5.82 Å². The zero-order valence-corrected chi connectivity index (χ0v) is 16.3. The second-order valence-electron chi connectivity index (χ2n) is 6.12. The molecule has 3 rings (SSSR count). The Kier molecular flexibility index (Phi) is 5.93. The van der Waals surface area contributed by atoms with Crippen molar-refractivity contribution < 1.29 is 4.79 Å². The third-order valence-electron chi connectivity index (χ3n) is 4.26. The first-order chi connectivity index (χ1) is 12.0. The quantitative estimate of drug-likeness (QED) is 0.820. The molecule has 132 valence electrons. The molecule has 2 heterocycles. The number of piperazine rings is 1. The monoisotopic (exact) mass is 422 g/mol. The topological polar surface area (TPSA) is 48.5 Å². The summed E-state index contributed by atoms with van der Waals surface area (Å²) in [6, 6.07) is 9.18. The molecule has 0 bridgehead atoms. The van der Waals surface area contributed by atoms with Gasteiger partial charge in [0, 0.05) is 48.4 Å². The van der Waals surface area contributed by atoms with Crippen LogP contribution in [0.5, 0.6) is 0 Å². The molecule has 1 aromatic heterocycles. The fraction of sp³-hybridized carbons (Fsp3) is 0.333. The summed E-state index contributed by atoms with van der Waals surface area (Å²) in [7, 11) is 2.13. The molecule has 0 saturated carbocycles. The Bertz CT molecular complexity index is 745. The highest BCUT2D eigenvalue weighted by molar-refractivity contribution is 9.10. The largest absolute Gasteiger partial charge is 0.354 e. The first-order valence-corrected chi connectivity index (χ1v) is 9.32. The van der Waals surface area contributed by atoms with E-state index in [1.807, 2.05) is 18.3 Å². The lowest BCUT2D eigenvalue weighted by Crippen LogP contribution is -2.44. The Morgan fingerprint density at radius 2 is 2.00 bits per heavy atom. The Morgan fingerprint density at radius 3 is 2.68 bits per heavy atom. The number of nitrogens with zero attached hydrogens (tertiary/aromatic N) is 3. The Morgan fingerprint density at radius 1 is 1.24 bits per heavy atom. The van der Waals surface area contributed by atoms with Gasteiger partial charge in [-0.25, -0.2) is 4.98 Å². The Labute approximate surface area is 161 Å². The molecule has 25 heavy (non-hydrogen) atoms. The van der Waals surface area contributed by atoms with Crippen LogP contribution in [0, 0.1) is 0 Å². The first-order valence-electron chi connectivity index (χ1n) is 8.14. The Hall–Kier alpha value is -1.63. The molecular formula is C18H20BrClN4O. The number of nitrogens with one attached hydrogen (secondary N) is 1. The molecule has 1 aliphatic heterocycles. The van der Waals surface area contributed by atoms with Crippen LogP contribution in [0.15, 0.2) is 41.0 Å². The number of hydrogen-bond donors (Lipinski definition) is 1. The highest BCUT2D eigenvalue weighted by atomic mass is 79.9. The van der Waals surface area contributed by atoms with E-state index < -0.39 is 0 Å². The number of likely N-dealkylation sites (N-methyl/N-ethyl adjacent to an activating group) is 1. The number of carbonyl (C=O) groups is 1. The van der Waals surface area contributed by atoms with Crippen LogP contribution in [-0.2, 0) is 6.54 Å². The van der Waals surface area contributed by atoms with Gasteiger partial charge in [0.15, 0.2) is 0 Å². The standard InChI is InChI=1S/C18H20BrClN4O/c1-23-6-8-24(9-7-23)17-5-2-13(11-21-17)12-22-18(25)15-10-14(20)3-4-16(15)19/h2-5,10-11H,6-9,12H2,1H3,(H,22,25). The molecular weight excluding hydrogens is 404 g/mol. The minimum Gasteiger partial charge on any atom is -0.354 e. The van der Waals surface area contributed by atoms with Crippen LogP contribution >= 0.6 is 27.5 Å². The van der Waals surface area contributed by atoms with Crippen LogP contribution < -0.4 is 10.2 Å². The van der Waals surface area contributed by atoms with Gasteiger partial charge in [-0.15, -0.1) is 0 Å². The lowest BCUT2D eigenvalue weighted by Gasteiger charge is -2.33. The van der Waals surface area contributed by atoms with E-state index in [1.54, 1.807) is 18.2 Å². The van der Waals surface area contributed by atoms with Crippen LogP contribution in [-0.4, -0.2) is 49.0 Å². The lowest BCUT2D eigenvalue weighted by atomic mass is 10.2. The van der Waals surface area contributed by atoms with E-state index in [1.165, 1.54) is 0 Å². The zero-order chi connectivity index (χ0) is 17.8. The molecule has 2 aromatic rings. The highest BCUT2D eigenvalue weighted by Gasteiger charge is 2.15. The van der Waals surface area contributed by atoms with Crippen molar-refractivity contribution in [1.82, 2.24) is 15.2 Å². The van der Waals surface area contributed by atoms with Crippen LogP contribution in [0.2, 0.25) is 5.02 Å². The van der Waals surface area contributed by atoms with Crippen LogP contribution in [0.4, 0.5) is 5.82 Å². The number of aromatic nitrogens is 1. The molecule has 0 unspecified atom stereocenters. The van der Waals surface area contributed by atoms with Gasteiger partial charge in [0.25, 0.3) is 5.91 Å². The van der Waals surface area contributed by atoms with Crippen molar-refractivity contribution in [2.75, 3.05) is 38.1 Å². The molecule has 1 fully saturated rings. The van der Waals surface area contributed by atoms with E-state index in [-0.39, 0.29) is 5.91 Å². The number of rotatable bonds is 4. The van der Waals surface area contributed by atoms with E-state index in [4.69, 9.17) is 11.6 Å². The smallest absolute Gasteiger partial charge is 0.252 e. The summed E-state index contributed by atoms with van der Waals surface area (Å²) in [6.07, 6.45) is 1.82. The van der Waals surface area contributed by atoms with E-state index in [0.717, 1.165) is 42.0 Å². The average Bonchev–Trinajstić information content (AvgIpc) is 2.63. The second kappa shape index (κ2) is 8.17. The van der Waals surface area contributed by atoms with E-state index >= 15 is 0 Å². The summed E-state index contributed by atoms with van der Waals surface area (Å²) in [5.41, 5.74) is 1.49. The van der Waals surface area contributed by atoms with Crippen molar-refractivity contribution in [3.05, 3.63) is 57.2 Å². The third-order valence-corrected chi connectivity index (χ3v) is 5.19. The van der Waals surface area contributed by atoms with Crippen LogP contribution in [0.1, 0.15) is 15.9 Å². The van der Waals surface area contributed by atoms with Crippen molar-refractivity contribution in [2.45, 2.75) is 6.54 Å². The molecule has 1 aliphatic rings. The molecule has 0 spiro atoms. The van der Waals surface area contributed by atoms with Gasteiger partial charge in [-0.05, 0) is 52.8 Å². The van der Waals surface area contributed by atoms with Crippen LogP contribution in [0.3, 0.4) is 0 Å². The molecule has 7 heteroatoms. The SMILES string of the molecule is CN1CCN(c2ccc(CNC(=O)c3cc(Cl)ccc3Br)cn2)CC1. The summed E-state index contributed by atoms with van der Waals surface area (Å²) < 4.78 is 0.720. The zero-order valence-electron chi connectivity index (χ0n) is 14.0. The van der Waals surface area contributed by atoms with Gasteiger partial charge < -0.3 is 15.1 Å². The van der Waals surface area contributed by atoms with E-state index in [0.29, 0.717) is 17.1 Å². The number of carbonyl (C=O) groups excluding carboxylic acids is 1. The molecule has 5 nitrogen and oxygen atoms in total. The van der Waals surface area contributed by atoms with Crippen molar-refractivity contribution in [1.29, 1.82) is 0 Å². The average molecular weight is 424 g/mol. The summed E-state index contributed by atoms with van der Waals surface area (Å²) in [5.74, 6) is 0.818. The normalized spacial score (nSPS) is 15.2. The fourth-order valence-corrected chi connectivity index (χ4v) is 3.29.